The lowest BCUT2D eigenvalue weighted by atomic mass is 9.77. The zero-order chi connectivity index (χ0) is 53.8. The van der Waals surface area contributed by atoms with Crippen LogP contribution in [0.2, 0.25) is 0 Å². The summed E-state index contributed by atoms with van der Waals surface area (Å²) < 4.78 is 93.1. The Hall–Kier alpha value is -2.93. The summed E-state index contributed by atoms with van der Waals surface area (Å²) in [7, 11) is 5.11. The zero-order valence-corrected chi connectivity index (χ0v) is 44.3. The molecule has 1 aromatic carbocycles. The number of aliphatic hydroxyl groups is 5. The van der Waals surface area contributed by atoms with Crippen LogP contribution in [0.4, 0.5) is 17.6 Å². The summed E-state index contributed by atoms with van der Waals surface area (Å²) in [6, 6.07) is 2.63. The van der Waals surface area contributed by atoms with Crippen molar-refractivity contribution >= 4 is 5.97 Å². The standard InChI is InChI=1S/C51H83F4N5O12/c1-14-39-50(10,66)43(62)32(6)59(12)26-28(2)23-48(8,65)45(30(4)42(31(5)46(64)70-39)71-40-24-49(9,67-13)44(63)33(7)69-40)72-47-41(61)38(21-29(3)68-47)58(11)20-19-36-27-60(57-56-36)37(25-52)22-34-15-17-35(18-16-34)51(53,54)55/h15-18,27-33,37-45,47,61-63,65-66H,14,19-26H2,1-13H3/t28-,29-,30+,31-,32-,33+,37+,38+,39-,40+,41-,42+,43-,44+,45-,47+,48-,49-,50-/m1/s1. The van der Waals surface area contributed by atoms with E-state index in [9.17, 15) is 47.9 Å². The van der Waals surface area contributed by atoms with Crippen molar-refractivity contribution in [1.82, 2.24) is 24.8 Å². The summed E-state index contributed by atoms with van der Waals surface area (Å²) in [4.78, 5) is 18.3. The fourth-order valence-corrected chi connectivity index (χ4v) is 11.0. The molecular weight excluding hydrogens is 951 g/mol. The zero-order valence-electron chi connectivity index (χ0n) is 44.3. The predicted molar refractivity (Wildman–Crippen MR) is 257 cm³/mol. The molecule has 4 heterocycles. The SMILES string of the molecule is CC[C@H]1OC(=O)[C@H](C)[C@@H](O[C@H]2C[C@@](C)(OC)[C@@H](O)[C@H](C)O2)[C@H](C)[C@@H](O[C@@H]2O[C@H](C)C[C@H](N(C)CCc3cn([C@H](CF)Cc4ccc(C(F)(F)F)cc4)nn3)[C@H]2O)[C@](C)(O)C[C@@H](C)CN(C)[C@H](C)[C@@H](O)[C@]1(C)O. The van der Waals surface area contributed by atoms with Crippen molar-refractivity contribution in [2.45, 2.75) is 210 Å². The number of carbonyl (C=O) groups is 1. The maximum Gasteiger partial charge on any atom is 0.416 e. The number of likely N-dealkylation sites (N-methyl/N-ethyl adjacent to an activating group) is 2. The van der Waals surface area contributed by atoms with Crippen molar-refractivity contribution in [2.75, 3.05) is 41.0 Å². The Kier molecular flexibility index (Phi) is 20.3. The Balaban J connectivity index is 1.43. The van der Waals surface area contributed by atoms with Gasteiger partial charge in [-0.2, -0.15) is 13.2 Å². The quantitative estimate of drug-likeness (QED) is 0.126. The predicted octanol–water partition coefficient (Wildman–Crippen LogP) is 4.88. The summed E-state index contributed by atoms with van der Waals surface area (Å²) in [6.45, 7) is 17.1. The van der Waals surface area contributed by atoms with Gasteiger partial charge in [0.05, 0.1) is 58.8 Å². The first kappa shape index (κ1) is 59.9. The first-order chi connectivity index (χ1) is 33.5. The van der Waals surface area contributed by atoms with Gasteiger partial charge in [0, 0.05) is 57.2 Å². The second-order valence-corrected chi connectivity index (χ2v) is 21.8. The third kappa shape index (κ3) is 14.1. The van der Waals surface area contributed by atoms with E-state index in [1.807, 2.05) is 30.7 Å². The second-order valence-electron chi connectivity index (χ2n) is 21.8. The first-order valence-electron chi connectivity index (χ1n) is 25.4. The van der Waals surface area contributed by atoms with Crippen LogP contribution in [-0.4, -0.2) is 188 Å². The molecule has 0 amide bonds. The lowest BCUT2D eigenvalue weighted by molar-refractivity contribution is -0.318. The topological polar surface area (TPSA) is 211 Å². The molecule has 21 heteroatoms. The molecule has 19 atom stereocenters. The molecular formula is C51H83F4N5O12. The average Bonchev–Trinajstić information content (AvgIpc) is 3.79. The van der Waals surface area contributed by atoms with Crippen LogP contribution in [0, 0.1) is 17.8 Å². The van der Waals surface area contributed by atoms with E-state index in [1.54, 1.807) is 61.7 Å². The Labute approximate surface area is 422 Å². The Morgan fingerprint density at radius 1 is 0.972 bits per heavy atom. The third-order valence-electron chi connectivity index (χ3n) is 15.7. The van der Waals surface area contributed by atoms with E-state index in [1.165, 1.54) is 30.8 Å². The number of ether oxygens (including phenoxy) is 6. The Morgan fingerprint density at radius 3 is 2.22 bits per heavy atom. The number of benzene rings is 1. The van der Waals surface area contributed by atoms with Crippen LogP contribution in [0.3, 0.4) is 0 Å². The molecule has 1 aromatic heterocycles. The number of hydrogen-bond donors (Lipinski definition) is 5. The van der Waals surface area contributed by atoms with Gasteiger partial charge in [-0.3, -0.25) is 4.79 Å². The number of methoxy groups -OCH3 is 1. The number of rotatable bonds is 14. The lowest BCUT2D eigenvalue weighted by Crippen LogP contribution is -2.61. The highest BCUT2D eigenvalue weighted by molar-refractivity contribution is 5.73. The van der Waals surface area contributed by atoms with E-state index < -0.39 is 133 Å². The number of esters is 1. The molecule has 0 saturated carbocycles. The van der Waals surface area contributed by atoms with Crippen LogP contribution >= 0.6 is 0 Å². The number of nitrogens with zero attached hydrogens (tertiary/aromatic N) is 5. The molecule has 3 aliphatic rings. The molecule has 5 N–H and O–H groups in total. The molecule has 0 spiro atoms. The maximum atomic E-state index is 14.5. The van der Waals surface area contributed by atoms with Crippen LogP contribution < -0.4 is 0 Å². The lowest BCUT2D eigenvalue weighted by Gasteiger charge is -2.49. The minimum Gasteiger partial charge on any atom is -0.459 e. The van der Waals surface area contributed by atoms with Crippen molar-refractivity contribution in [3.05, 3.63) is 47.3 Å². The van der Waals surface area contributed by atoms with E-state index in [0.29, 0.717) is 37.2 Å². The maximum absolute atomic E-state index is 14.5. The third-order valence-corrected chi connectivity index (χ3v) is 15.7. The molecule has 17 nitrogen and oxygen atoms in total. The van der Waals surface area contributed by atoms with Gasteiger partial charge in [0.25, 0.3) is 0 Å². The van der Waals surface area contributed by atoms with Gasteiger partial charge < -0.3 is 63.8 Å². The molecule has 2 aromatic rings. The van der Waals surface area contributed by atoms with Gasteiger partial charge in [-0.1, -0.05) is 38.1 Å². The molecule has 72 heavy (non-hydrogen) atoms. The number of cyclic esters (lactones) is 1. The number of hydrogen-bond acceptors (Lipinski definition) is 16. The molecule has 0 radical (unpaired) electrons. The molecule has 3 saturated heterocycles. The molecule has 412 valence electrons. The summed E-state index contributed by atoms with van der Waals surface area (Å²) in [5.41, 5.74) is -4.41. The van der Waals surface area contributed by atoms with Crippen LogP contribution in [-0.2, 0) is 52.2 Å². The summed E-state index contributed by atoms with van der Waals surface area (Å²) in [5, 5.41) is 67.9. The Bertz CT molecular complexity index is 2020. The number of halogens is 4. The number of aromatic nitrogens is 3. The van der Waals surface area contributed by atoms with Gasteiger partial charge in [0.1, 0.15) is 36.7 Å². The van der Waals surface area contributed by atoms with Crippen LogP contribution in [0.25, 0.3) is 0 Å². The van der Waals surface area contributed by atoms with Gasteiger partial charge >= 0.3 is 12.1 Å². The van der Waals surface area contributed by atoms with Crippen molar-refractivity contribution in [3.8, 4) is 0 Å². The van der Waals surface area contributed by atoms with Gasteiger partial charge in [-0.05, 0) is 112 Å². The van der Waals surface area contributed by atoms with Crippen LogP contribution in [0.5, 0.6) is 0 Å². The molecule has 0 unspecified atom stereocenters. The number of alkyl halides is 4. The molecule has 5 rings (SSSR count). The molecule has 3 fully saturated rings. The minimum absolute atomic E-state index is 0.0626. The fourth-order valence-electron chi connectivity index (χ4n) is 11.0. The average molecular weight is 1030 g/mol. The summed E-state index contributed by atoms with van der Waals surface area (Å²) >= 11 is 0. The van der Waals surface area contributed by atoms with Crippen LogP contribution in [0.15, 0.2) is 30.5 Å². The molecule has 3 aliphatic heterocycles. The highest BCUT2D eigenvalue weighted by Crippen LogP contribution is 2.40. The second kappa shape index (κ2) is 24.4. The minimum atomic E-state index is -4.49. The van der Waals surface area contributed by atoms with Crippen LogP contribution in [0.1, 0.15) is 118 Å². The normalized spacial score (nSPS) is 39.8. The van der Waals surface area contributed by atoms with Gasteiger partial charge in [0.15, 0.2) is 12.6 Å². The van der Waals surface area contributed by atoms with Crippen molar-refractivity contribution in [2.24, 2.45) is 17.8 Å². The van der Waals surface area contributed by atoms with Gasteiger partial charge in [-0.25, -0.2) is 9.07 Å². The van der Waals surface area contributed by atoms with E-state index in [4.69, 9.17) is 28.4 Å². The monoisotopic (exact) mass is 1030 g/mol. The number of carbonyl (C=O) groups excluding carboxylic acids is 1. The van der Waals surface area contributed by atoms with Gasteiger partial charge in [0.2, 0.25) is 0 Å². The Morgan fingerprint density at radius 2 is 1.62 bits per heavy atom. The fraction of sp³-hybridized carbons (Fsp3) is 0.824. The summed E-state index contributed by atoms with van der Waals surface area (Å²) in [5.74, 6) is -2.98. The van der Waals surface area contributed by atoms with Crippen molar-refractivity contribution < 1.29 is 76.3 Å². The highest BCUT2D eigenvalue weighted by Gasteiger charge is 2.53. The van der Waals surface area contributed by atoms with Crippen molar-refractivity contribution in [1.29, 1.82) is 0 Å². The molecule has 0 bridgehead atoms. The van der Waals surface area contributed by atoms with E-state index in [2.05, 4.69) is 10.3 Å². The van der Waals surface area contributed by atoms with Crippen molar-refractivity contribution in [3.63, 3.8) is 0 Å². The largest absolute Gasteiger partial charge is 0.459 e. The smallest absolute Gasteiger partial charge is 0.416 e. The van der Waals surface area contributed by atoms with E-state index in [0.717, 1.165) is 12.1 Å². The first-order valence-corrected chi connectivity index (χ1v) is 25.4. The molecule has 0 aliphatic carbocycles. The van der Waals surface area contributed by atoms with Gasteiger partial charge in [-0.15, -0.1) is 5.10 Å². The summed E-state index contributed by atoms with van der Waals surface area (Å²) in [6.07, 6.45) is -12.3. The van der Waals surface area contributed by atoms with E-state index >= 15 is 0 Å². The number of aliphatic hydroxyl groups excluding tert-OH is 3. The van der Waals surface area contributed by atoms with E-state index in [-0.39, 0.29) is 31.6 Å². The highest BCUT2D eigenvalue weighted by atomic mass is 19.4.